The number of hydrogen-bond donors (Lipinski definition) is 1. The van der Waals surface area contributed by atoms with Gasteiger partial charge in [-0.25, -0.2) is 0 Å². The molecule has 2 aliphatic rings. The molecule has 2 atom stereocenters. The Balaban J connectivity index is 1.44. The molecular formula is C28H42N4O. The number of nitrogens with one attached hydrogen (secondary N) is 1. The highest BCUT2D eigenvalue weighted by molar-refractivity contribution is 5.83. The lowest BCUT2D eigenvalue weighted by Crippen LogP contribution is -2.47. The van der Waals surface area contributed by atoms with Crippen LogP contribution in [0.1, 0.15) is 52.0 Å². The van der Waals surface area contributed by atoms with Crippen molar-refractivity contribution >= 4 is 16.7 Å². The average molecular weight is 451 g/mol. The van der Waals surface area contributed by atoms with E-state index in [4.69, 9.17) is 0 Å². The van der Waals surface area contributed by atoms with Crippen LogP contribution in [0.5, 0.6) is 0 Å². The first-order valence-corrected chi connectivity index (χ1v) is 13.1. The average Bonchev–Trinajstić information content (AvgIpc) is 3.23. The maximum atomic E-state index is 13.4. The molecule has 2 heterocycles. The molecule has 4 rings (SSSR count). The molecule has 180 valence electrons. The van der Waals surface area contributed by atoms with Gasteiger partial charge in [0.25, 0.3) is 0 Å². The number of likely N-dealkylation sites (tertiary alicyclic amines) is 2. The summed E-state index contributed by atoms with van der Waals surface area (Å²) in [6.45, 7) is 13.4. The molecule has 33 heavy (non-hydrogen) atoms. The van der Waals surface area contributed by atoms with Gasteiger partial charge in [0.2, 0.25) is 5.91 Å². The van der Waals surface area contributed by atoms with Crippen molar-refractivity contribution in [3.8, 4) is 0 Å². The molecule has 2 saturated heterocycles. The Morgan fingerprint density at radius 2 is 1.73 bits per heavy atom. The molecule has 5 heteroatoms. The zero-order chi connectivity index (χ0) is 23.2. The van der Waals surface area contributed by atoms with Crippen LogP contribution in [0.15, 0.2) is 42.5 Å². The number of carbonyl (C=O) groups excluding carboxylic acids is 1. The van der Waals surface area contributed by atoms with Gasteiger partial charge in [-0.15, -0.1) is 0 Å². The molecule has 0 spiro atoms. The Morgan fingerprint density at radius 1 is 1.00 bits per heavy atom. The van der Waals surface area contributed by atoms with Crippen molar-refractivity contribution in [3.63, 3.8) is 0 Å². The molecule has 0 bridgehead atoms. The minimum absolute atomic E-state index is 0.0333. The maximum absolute atomic E-state index is 13.4. The van der Waals surface area contributed by atoms with E-state index in [1.807, 2.05) is 4.90 Å². The molecule has 2 aromatic rings. The van der Waals surface area contributed by atoms with Crippen LogP contribution >= 0.6 is 0 Å². The van der Waals surface area contributed by atoms with Gasteiger partial charge < -0.3 is 15.1 Å². The van der Waals surface area contributed by atoms with Crippen LogP contribution in [0.4, 0.5) is 0 Å². The molecule has 5 nitrogen and oxygen atoms in total. The van der Waals surface area contributed by atoms with Crippen LogP contribution in [-0.4, -0.2) is 78.0 Å². The lowest BCUT2D eigenvalue weighted by Gasteiger charge is -2.33. The van der Waals surface area contributed by atoms with E-state index in [1.165, 1.54) is 55.2 Å². The summed E-state index contributed by atoms with van der Waals surface area (Å²) in [5, 5.41) is 6.49. The van der Waals surface area contributed by atoms with Gasteiger partial charge in [-0.1, -0.05) is 43.3 Å². The molecule has 0 radical (unpaired) electrons. The van der Waals surface area contributed by atoms with Crippen molar-refractivity contribution in [2.24, 2.45) is 0 Å². The highest BCUT2D eigenvalue weighted by Gasteiger charge is 2.39. The van der Waals surface area contributed by atoms with Crippen LogP contribution in [0.25, 0.3) is 10.8 Å². The summed E-state index contributed by atoms with van der Waals surface area (Å²) in [6.07, 6.45) is 4.59. The number of rotatable bonds is 9. The van der Waals surface area contributed by atoms with Gasteiger partial charge >= 0.3 is 0 Å². The second-order valence-corrected chi connectivity index (χ2v) is 9.85. The zero-order valence-corrected chi connectivity index (χ0v) is 20.8. The van der Waals surface area contributed by atoms with Gasteiger partial charge in [0.15, 0.2) is 0 Å². The number of amides is 1. The first-order valence-electron chi connectivity index (χ1n) is 13.1. The van der Waals surface area contributed by atoms with Crippen molar-refractivity contribution in [1.82, 2.24) is 20.0 Å². The number of piperidine rings is 1. The Bertz CT molecular complexity index is 904. The number of fused-ring (bicyclic) bond motifs is 1. The summed E-state index contributed by atoms with van der Waals surface area (Å²) in [7, 11) is 0. The van der Waals surface area contributed by atoms with Gasteiger partial charge in [0, 0.05) is 38.3 Å². The molecule has 1 amide bonds. The summed E-state index contributed by atoms with van der Waals surface area (Å²) in [4.78, 5) is 20.4. The van der Waals surface area contributed by atoms with E-state index in [0.717, 1.165) is 32.6 Å². The van der Waals surface area contributed by atoms with Crippen LogP contribution in [0.3, 0.4) is 0 Å². The van der Waals surface area contributed by atoms with E-state index < -0.39 is 0 Å². The molecule has 2 aromatic carbocycles. The fourth-order valence-electron chi connectivity index (χ4n) is 5.75. The third-order valence-corrected chi connectivity index (χ3v) is 7.56. The minimum Gasteiger partial charge on any atom is -0.342 e. The number of carbonyl (C=O) groups is 1. The lowest BCUT2D eigenvalue weighted by molar-refractivity contribution is -0.135. The van der Waals surface area contributed by atoms with Crippen LogP contribution < -0.4 is 5.32 Å². The van der Waals surface area contributed by atoms with Gasteiger partial charge in [-0.05, 0) is 81.6 Å². The molecule has 0 aliphatic carbocycles. The van der Waals surface area contributed by atoms with Crippen LogP contribution in [-0.2, 0) is 11.3 Å². The maximum Gasteiger partial charge on any atom is 0.239 e. The second kappa shape index (κ2) is 11.5. The molecule has 1 N–H and O–H groups in total. The summed E-state index contributed by atoms with van der Waals surface area (Å²) < 4.78 is 0. The number of nitrogens with zero attached hydrogens (tertiary/aromatic N) is 3. The first kappa shape index (κ1) is 24.2. The number of hydrogen-bond acceptors (Lipinski definition) is 4. The van der Waals surface area contributed by atoms with Crippen molar-refractivity contribution in [1.29, 1.82) is 0 Å². The molecule has 0 aromatic heterocycles. The van der Waals surface area contributed by atoms with Crippen LogP contribution in [0.2, 0.25) is 0 Å². The Labute approximate surface area is 200 Å². The fraction of sp³-hybridized carbons (Fsp3) is 0.607. The quantitative estimate of drug-likeness (QED) is 0.624. The summed E-state index contributed by atoms with van der Waals surface area (Å²) in [5.41, 5.74) is 1.29. The topological polar surface area (TPSA) is 38.8 Å². The van der Waals surface area contributed by atoms with Crippen molar-refractivity contribution in [3.05, 3.63) is 48.0 Å². The lowest BCUT2D eigenvalue weighted by atomic mass is 10.0. The van der Waals surface area contributed by atoms with E-state index in [1.54, 1.807) is 0 Å². The van der Waals surface area contributed by atoms with E-state index in [9.17, 15) is 4.79 Å². The van der Waals surface area contributed by atoms with Crippen LogP contribution in [0, 0.1) is 0 Å². The van der Waals surface area contributed by atoms with Gasteiger partial charge in [0.1, 0.15) is 0 Å². The number of benzene rings is 2. The number of likely N-dealkylation sites (N-methyl/N-ethyl adjacent to an activating group) is 1. The van der Waals surface area contributed by atoms with Gasteiger partial charge in [-0.3, -0.25) is 9.69 Å². The Hall–Kier alpha value is -1.95. The minimum atomic E-state index is -0.0333. The van der Waals surface area contributed by atoms with Crippen molar-refractivity contribution in [2.75, 3.05) is 39.3 Å². The SMILES string of the molecule is CCCN1CCC(N[C@@H]2C[C@@H](C(=O)N(CC)CC)N(Cc3ccc4ccccc4c3)C2)CC1. The van der Waals surface area contributed by atoms with Gasteiger partial charge in [-0.2, -0.15) is 0 Å². The normalized spacial score (nSPS) is 22.8. The van der Waals surface area contributed by atoms with E-state index in [2.05, 4.69) is 78.4 Å². The summed E-state index contributed by atoms with van der Waals surface area (Å²) >= 11 is 0. The zero-order valence-electron chi connectivity index (χ0n) is 20.8. The molecule has 2 aliphatic heterocycles. The second-order valence-electron chi connectivity index (χ2n) is 9.85. The standard InChI is InChI=1S/C28H42N4O/c1-4-15-30-16-13-25(14-17-30)29-26-19-27(28(33)31(5-2)6-3)32(21-26)20-22-11-12-23-9-7-8-10-24(23)18-22/h7-12,18,25-27,29H,4-6,13-17,19-21H2,1-3H3/t26-,27+/m1/s1. The van der Waals surface area contributed by atoms with Crippen molar-refractivity contribution in [2.45, 2.75) is 71.1 Å². The first-order chi connectivity index (χ1) is 16.1. The molecule has 0 unspecified atom stereocenters. The van der Waals surface area contributed by atoms with E-state index in [0.29, 0.717) is 18.0 Å². The third-order valence-electron chi connectivity index (χ3n) is 7.56. The summed E-state index contributed by atoms with van der Waals surface area (Å²) in [6, 6.07) is 16.2. The third kappa shape index (κ3) is 5.95. The predicted octanol–water partition coefficient (Wildman–Crippen LogP) is 4.12. The highest BCUT2D eigenvalue weighted by Crippen LogP contribution is 2.25. The smallest absolute Gasteiger partial charge is 0.239 e. The largest absolute Gasteiger partial charge is 0.342 e. The molecule has 0 saturated carbocycles. The van der Waals surface area contributed by atoms with E-state index in [-0.39, 0.29) is 6.04 Å². The van der Waals surface area contributed by atoms with Gasteiger partial charge in [0.05, 0.1) is 6.04 Å². The van der Waals surface area contributed by atoms with E-state index >= 15 is 0 Å². The van der Waals surface area contributed by atoms with Crippen molar-refractivity contribution < 1.29 is 4.79 Å². The highest BCUT2D eigenvalue weighted by atomic mass is 16.2. The Morgan fingerprint density at radius 3 is 2.42 bits per heavy atom. The fourth-order valence-corrected chi connectivity index (χ4v) is 5.75. The molecular weight excluding hydrogens is 408 g/mol. The monoisotopic (exact) mass is 450 g/mol. The summed E-state index contributed by atoms with van der Waals surface area (Å²) in [5.74, 6) is 0.294. The Kier molecular flexibility index (Phi) is 8.39. The predicted molar refractivity (Wildman–Crippen MR) is 137 cm³/mol. The molecule has 2 fully saturated rings.